The van der Waals surface area contributed by atoms with Crippen molar-refractivity contribution in [1.82, 2.24) is 0 Å². The molecule has 4 nitrogen and oxygen atoms in total. The van der Waals surface area contributed by atoms with Crippen molar-refractivity contribution in [3.05, 3.63) is 65.2 Å². The van der Waals surface area contributed by atoms with E-state index in [9.17, 15) is 0 Å². The lowest BCUT2D eigenvalue weighted by molar-refractivity contribution is -0.191. The number of thioether (sulfide) groups is 1. The monoisotopic (exact) mass is 406 g/mol. The lowest BCUT2D eigenvalue weighted by Gasteiger charge is -2.11. The highest BCUT2D eigenvalue weighted by molar-refractivity contribution is 7.99. The molecule has 0 saturated heterocycles. The molecule has 144 valence electrons. The van der Waals surface area contributed by atoms with Gasteiger partial charge in [0, 0.05) is 15.7 Å². The van der Waals surface area contributed by atoms with Gasteiger partial charge in [0.2, 0.25) is 0 Å². The predicted octanol–water partition coefficient (Wildman–Crippen LogP) is 5.58. The molecular formula is C21H23ClO4S. The number of aryl methyl sites for hydroxylation is 1. The highest BCUT2D eigenvalue weighted by Crippen LogP contribution is 2.27. The zero-order valence-electron chi connectivity index (χ0n) is 15.5. The van der Waals surface area contributed by atoms with Gasteiger partial charge in [-0.1, -0.05) is 25.1 Å². The maximum atomic E-state index is 8.12. The molecule has 2 aromatic carbocycles. The van der Waals surface area contributed by atoms with Gasteiger partial charge in [-0.25, -0.2) is 0 Å². The molecule has 0 bridgehead atoms. The van der Waals surface area contributed by atoms with Crippen molar-refractivity contribution in [3.8, 4) is 11.5 Å². The third-order valence-corrected chi connectivity index (χ3v) is 4.70. The number of hydrogen-bond acceptors (Lipinski definition) is 5. The number of ether oxygens (including phenoxy) is 2. The first kappa shape index (κ1) is 22.8. The fourth-order valence-electron chi connectivity index (χ4n) is 2.03. The van der Waals surface area contributed by atoms with Crippen LogP contribution in [-0.4, -0.2) is 25.1 Å². The predicted molar refractivity (Wildman–Crippen MR) is 109 cm³/mol. The van der Waals surface area contributed by atoms with E-state index in [1.807, 2.05) is 30.3 Å². The minimum Gasteiger partial charge on any atom is -0.493 e. The molecule has 0 aliphatic heterocycles. The quantitative estimate of drug-likeness (QED) is 0.402. The molecule has 0 N–H and O–H groups in total. The number of hydrogen-bond donors (Lipinski definition) is 0. The first-order valence-electron chi connectivity index (χ1n) is 8.40. The second kappa shape index (κ2) is 13.0. The summed E-state index contributed by atoms with van der Waals surface area (Å²) >= 11 is 7.62. The zero-order chi connectivity index (χ0) is 20.1. The second-order valence-corrected chi connectivity index (χ2v) is 7.13. The van der Waals surface area contributed by atoms with Crippen LogP contribution in [0.4, 0.5) is 0 Å². The molecular weight excluding hydrogens is 384 g/mol. The van der Waals surface area contributed by atoms with Gasteiger partial charge in [0.05, 0.1) is 6.61 Å². The summed E-state index contributed by atoms with van der Waals surface area (Å²) in [5.74, 6) is 2.59. The maximum absolute atomic E-state index is 8.12. The highest BCUT2D eigenvalue weighted by Gasteiger charge is 2.04. The SMILES string of the molecule is C=C(COc1ccc(Cl)cc1)CSc1ccc(OCCC)c(C)c1.O=C=O. The molecule has 0 heterocycles. The van der Waals surface area contributed by atoms with Crippen molar-refractivity contribution >= 4 is 29.5 Å². The summed E-state index contributed by atoms with van der Waals surface area (Å²) in [5, 5.41) is 0.707. The molecule has 0 saturated carbocycles. The van der Waals surface area contributed by atoms with Gasteiger partial charge in [0.15, 0.2) is 0 Å². The fraction of sp³-hybridized carbons (Fsp3) is 0.286. The first-order chi connectivity index (χ1) is 13.0. The summed E-state index contributed by atoms with van der Waals surface area (Å²) < 4.78 is 11.4. The maximum Gasteiger partial charge on any atom is 0.373 e. The van der Waals surface area contributed by atoms with E-state index in [1.165, 1.54) is 4.90 Å². The Morgan fingerprint density at radius 2 is 1.81 bits per heavy atom. The Labute approximate surface area is 169 Å². The van der Waals surface area contributed by atoms with Crippen LogP contribution in [0.2, 0.25) is 5.02 Å². The summed E-state index contributed by atoms with van der Waals surface area (Å²) in [7, 11) is 0. The number of carbonyl (C=O) groups excluding carboxylic acids is 2. The topological polar surface area (TPSA) is 52.6 Å². The van der Waals surface area contributed by atoms with Crippen LogP contribution in [0, 0.1) is 6.92 Å². The van der Waals surface area contributed by atoms with Gasteiger partial charge in [-0.05, 0) is 66.9 Å². The van der Waals surface area contributed by atoms with E-state index in [0.29, 0.717) is 11.6 Å². The number of rotatable bonds is 9. The van der Waals surface area contributed by atoms with Crippen LogP contribution in [0.25, 0.3) is 0 Å². The van der Waals surface area contributed by atoms with Gasteiger partial charge in [-0.2, -0.15) is 9.59 Å². The van der Waals surface area contributed by atoms with Crippen LogP contribution in [0.3, 0.4) is 0 Å². The van der Waals surface area contributed by atoms with E-state index in [1.54, 1.807) is 11.8 Å². The smallest absolute Gasteiger partial charge is 0.373 e. The molecule has 0 aliphatic carbocycles. The Hall–Kier alpha value is -2.20. The van der Waals surface area contributed by atoms with Gasteiger partial charge >= 0.3 is 6.15 Å². The normalized spacial score (nSPS) is 9.59. The van der Waals surface area contributed by atoms with Gasteiger partial charge < -0.3 is 9.47 Å². The summed E-state index contributed by atoms with van der Waals surface area (Å²) in [4.78, 5) is 17.5. The Kier molecular flexibility index (Phi) is 11.0. The van der Waals surface area contributed by atoms with Crippen molar-refractivity contribution in [3.63, 3.8) is 0 Å². The van der Waals surface area contributed by atoms with Crippen LogP contribution in [0.15, 0.2) is 59.5 Å². The van der Waals surface area contributed by atoms with Crippen molar-refractivity contribution in [2.75, 3.05) is 19.0 Å². The van der Waals surface area contributed by atoms with Crippen molar-refractivity contribution < 1.29 is 19.1 Å². The van der Waals surface area contributed by atoms with E-state index in [4.69, 9.17) is 30.7 Å². The van der Waals surface area contributed by atoms with Gasteiger partial charge in [-0.15, -0.1) is 11.8 Å². The average molecular weight is 407 g/mol. The summed E-state index contributed by atoms with van der Waals surface area (Å²) in [6, 6.07) is 13.7. The average Bonchev–Trinajstić information content (AvgIpc) is 2.66. The van der Waals surface area contributed by atoms with Crippen LogP contribution in [0.1, 0.15) is 18.9 Å². The Balaban J connectivity index is 0.00000114. The van der Waals surface area contributed by atoms with Gasteiger partial charge in [0.25, 0.3) is 0 Å². The molecule has 0 radical (unpaired) electrons. The van der Waals surface area contributed by atoms with Crippen molar-refractivity contribution in [2.45, 2.75) is 25.2 Å². The lowest BCUT2D eigenvalue weighted by Crippen LogP contribution is -2.02. The standard InChI is InChI=1S/C20H23ClO2S.CO2/c1-4-11-22-20-10-9-19(12-16(20)3)24-14-15(2)13-23-18-7-5-17(21)6-8-18;2-1-3/h5-10,12H,2,4,11,13-14H2,1,3H3;. The molecule has 0 fully saturated rings. The fourth-order valence-corrected chi connectivity index (χ4v) is 3.03. The van der Waals surface area contributed by atoms with Crippen molar-refractivity contribution in [2.24, 2.45) is 0 Å². The number of benzene rings is 2. The molecule has 27 heavy (non-hydrogen) atoms. The lowest BCUT2D eigenvalue weighted by atomic mass is 10.2. The molecule has 2 rings (SSSR count). The number of halogens is 1. The van der Waals surface area contributed by atoms with Gasteiger partial charge in [-0.3, -0.25) is 0 Å². The zero-order valence-corrected chi connectivity index (χ0v) is 17.1. The molecule has 0 spiro atoms. The van der Waals surface area contributed by atoms with E-state index in [-0.39, 0.29) is 6.15 Å². The van der Waals surface area contributed by atoms with E-state index in [0.717, 1.165) is 41.4 Å². The molecule has 0 amide bonds. The molecule has 0 aromatic heterocycles. The third kappa shape index (κ3) is 9.34. The van der Waals surface area contributed by atoms with Gasteiger partial charge in [0.1, 0.15) is 18.1 Å². The molecule has 2 aromatic rings. The van der Waals surface area contributed by atoms with Crippen molar-refractivity contribution in [1.29, 1.82) is 0 Å². The minimum atomic E-state index is 0.250. The molecule has 0 aliphatic rings. The van der Waals surface area contributed by atoms with E-state index in [2.05, 4.69) is 32.6 Å². The minimum absolute atomic E-state index is 0.250. The van der Waals surface area contributed by atoms with E-state index >= 15 is 0 Å². The van der Waals surface area contributed by atoms with Crippen LogP contribution in [-0.2, 0) is 9.59 Å². The Bertz CT molecular complexity index is 753. The van der Waals surface area contributed by atoms with Crippen LogP contribution >= 0.6 is 23.4 Å². The highest BCUT2D eigenvalue weighted by atomic mass is 35.5. The van der Waals surface area contributed by atoms with Crippen LogP contribution < -0.4 is 9.47 Å². The van der Waals surface area contributed by atoms with Crippen LogP contribution in [0.5, 0.6) is 11.5 Å². The summed E-state index contributed by atoms with van der Waals surface area (Å²) in [6.45, 7) is 9.53. The summed E-state index contributed by atoms with van der Waals surface area (Å²) in [6.07, 6.45) is 1.27. The third-order valence-electron chi connectivity index (χ3n) is 3.31. The molecule has 0 unspecified atom stereocenters. The summed E-state index contributed by atoms with van der Waals surface area (Å²) in [5.41, 5.74) is 2.20. The Morgan fingerprint density at radius 1 is 1.15 bits per heavy atom. The first-order valence-corrected chi connectivity index (χ1v) is 9.77. The largest absolute Gasteiger partial charge is 0.493 e. The molecule has 0 atom stereocenters. The second-order valence-electron chi connectivity index (χ2n) is 5.64. The molecule has 6 heteroatoms. The van der Waals surface area contributed by atoms with E-state index < -0.39 is 0 Å². The Morgan fingerprint density at radius 3 is 2.41 bits per heavy atom.